The molecule has 1 saturated heterocycles. The molecule has 0 aromatic heterocycles. The first-order chi connectivity index (χ1) is 9.54. The Morgan fingerprint density at radius 1 is 1.30 bits per heavy atom. The minimum atomic E-state index is -0.284. The zero-order valence-electron chi connectivity index (χ0n) is 12.9. The molecule has 5 nitrogen and oxygen atoms in total. The van der Waals surface area contributed by atoms with Gasteiger partial charge in [-0.25, -0.2) is 0 Å². The first-order valence-electron chi connectivity index (χ1n) is 7.68. The molecule has 1 aliphatic heterocycles. The first-order valence-corrected chi connectivity index (χ1v) is 7.68. The molecule has 1 amide bonds. The molecule has 0 spiro atoms. The zero-order valence-corrected chi connectivity index (χ0v) is 12.9. The molecule has 0 aliphatic carbocycles. The van der Waals surface area contributed by atoms with Crippen LogP contribution in [0.5, 0.6) is 0 Å². The van der Waals surface area contributed by atoms with Gasteiger partial charge in [-0.15, -0.1) is 0 Å². The van der Waals surface area contributed by atoms with E-state index >= 15 is 0 Å². The summed E-state index contributed by atoms with van der Waals surface area (Å²) in [6.07, 6.45) is 2.83. The molecule has 2 unspecified atom stereocenters. The Morgan fingerprint density at radius 3 is 2.55 bits per heavy atom. The second kappa shape index (κ2) is 8.95. The highest BCUT2D eigenvalue weighted by molar-refractivity contribution is 5.77. The van der Waals surface area contributed by atoms with Gasteiger partial charge in [0.2, 0.25) is 5.91 Å². The van der Waals surface area contributed by atoms with Gasteiger partial charge < -0.3 is 15.4 Å². The second-order valence-corrected chi connectivity index (χ2v) is 5.73. The molecule has 5 heteroatoms. The standard InChI is InChI=1S/C15H28N2O3/c1-4-20-15(19)12(3)10-17-14(18)9-11(2)13-5-7-16-8-6-13/h11-13,16H,4-10H2,1-3H3,(H,17,18). The highest BCUT2D eigenvalue weighted by Crippen LogP contribution is 2.24. The molecule has 0 bridgehead atoms. The molecule has 0 aromatic carbocycles. The van der Waals surface area contributed by atoms with Crippen LogP contribution in [0.4, 0.5) is 0 Å². The number of hydrogen-bond acceptors (Lipinski definition) is 4. The third-order valence-electron chi connectivity index (χ3n) is 3.99. The number of ether oxygens (including phenoxy) is 1. The Morgan fingerprint density at radius 2 is 1.95 bits per heavy atom. The second-order valence-electron chi connectivity index (χ2n) is 5.73. The lowest BCUT2D eigenvalue weighted by Gasteiger charge is -2.28. The predicted molar refractivity (Wildman–Crippen MR) is 78.2 cm³/mol. The van der Waals surface area contributed by atoms with Crippen LogP contribution in [0.15, 0.2) is 0 Å². The lowest BCUT2D eigenvalue weighted by Crippen LogP contribution is -2.36. The van der Waals surface area contributed by atoms with E-state index in [9.17, 15) is 9.59 Å². The van der Waals surface area contributed by atoms with Gasteiger partial charge in [0.15, 0.2) is 0 Å². The van der Waals surface area contributed by atoms with Gasteiger partial charge in [0.05, 0.1) is 12.5 Å². The van der Waals surface area contributed by atoms with Crippen molar-refractivity contribution in [2.75, 3.05) is 26.2 Å². The zero-order chi connectivity index (χ0) is 15.0. The van der Waals surface area contributed by atoms with E-state index < -0.39 is 0 Å². The van der Waals surface area contributed by atoms with E-state index in [1.54, 1.807) is 13.8 Å². The van der Waals surface area contributed by atoms with E-state index in [1.807, 2.05) is 0 Å². The predicted octanol–water partition coefficient (Wildman–Crippen LogP) is 1.33. The number of carbonyl (C=O) groups is 2. The maximum Gasteiger partial charge on any atom is 0.310 e. The molecule has 116 valence electrons. The highest BCUT2D eigenvalue weighted by Gasteiger charge is 2.22. The van der Waals surface area contributed by atoms with Gasteiger partial charge in [-0.05, 0) is 44.7 Å². The fraction of sp³-hybridized carbons (Fsp3) is 0.867. The molecule has 1 fully saturated rings. The third kappa shape index (κ3) is 5.90. The van der Waals surface area contributed by atoms with Gasteiger partial charge in [-0.3, -0.25) is 9.59 Å². The summed E-state index contributed by atoms with van der Waals surface area (Å²) in [5.41, 5.74) is 0. The summed E-state index contributed by atoms with van der Waals surface area (Å²) in [6.45, 7) is 8.54. The SMILES string of the molecule is CCOC(=O)C(C)CNC(=O)CC(C)C1CCNCC1. The normalized spacial score (nSPS) is 19.1. The average molecular weight is 284 g/mol. The maximum absolute atomic E-state index is 11.9. The molecule has 20 heavy (non-hydrogen) atoms. The van der Waals surface area contributed by atoms with Gasteiger partial charge in [0, 0.05) is 13.0 Å². The fourth-order valence-corrected chi connectivity index (χ4v) is 2.58. The van der Waals surface area contributed by atoms with E-state index in [0.717, 1.165) is 25.9 Å². The molecule has 0 aromatic rings. The van der Waals surface area contributed by atoms with Crippen LogP contribution >= 0.6 is 0 Å². The van der Waals surface area contributed by atoms with Crippen LogP contribution in [0.25, 0.3) is 0 Å². The van der Waals surface area contributed by atoms with Gasteiger partial charge in [-0.1, -0.05) is 13.8 Å². The Labute approximate surface area is 121 Å². The molecular formula is C15H28N2O3. The Bertz CT molecular complexity index is 314. The van der Waals surface area contributed by atoms with Crippen molar-refractivity contribution in [3.63, 3.8) is 0 Å². The van der Waals surface area contributed by atoms with Crippen molar-refractivity contribution in [1.82, 2.24) is 10.6 Å². The summed E-state index contributed by atoms with van der Waals surface area (Å²) >= 11 is 0. The topological polar surface area (TPSA) is 67.4 Å². The van der Waals surface area contributed by atoms with E-state index in [4.69, 9.17) is 4.74 Å². The Kier molecular flexibility index (Phi) is 7.59. The largest absolute Gasteiger partial charge is 0.466 e. The first kappa shape index (κ1) is 17.0. The molecule has 0 radical (unpaired) electrons. The summed E-state index contributed by atoms with van der Waals surface area (Å²) in [6, 6.07) is 0. The number of piperidine rings is 1. The number of carbonyl (C=O) groups excluding carboxylic acids is 2. The smallest absolute Gasteiger partial charge is 0.310 e. The minimum Gasteiger partial charge on any atom is -0.466 e. The van der Waals surface area contributed by atoms with Crippen LogP contribution in [0.2, 0.25) is 0 Å². The molecule has 0 saturated carbocycles. The van der Waals surface area contributed by atoms with Gasteiger partial charge in [0.1, 0.15) is 0 Å². The van der Waals surface area contributed by atoms with Crippen molar-refractivity contribution in [3.8, 4) is 0 Å². The molecule has 2 atom stereocenters. The summed E-state index contributed by atoms with van der Waals surface area (Å²) in [5.74, 6) is 0.527. The fourth-order valence-electron chi connectivity index (χ4n) is 2.58. The van der Waals surface area contributed by atoms with Crippen molar-refractivity contribution in [2.45, 2.75) is 40.0 Å². The van der Waals surface area contributed by atoms with Crippen LogP contribution in [0, 0.1) is 17.8 Å². The van der Waals surface area contributed by atoms with Crippen molar-refractivity contribution in [1.29, 1.82) is 0 Å². The van der Waals surface area contributed by atoms with Crippen LogP contribution in [-0.2, 0) is 14.3 Å². The van der Waals surface area contributed by atoms with Crippen molar-refractivity contribution in [2.24, 2.45) is 17.8 Å². The number of esters is 1. The van der Waals surface area contributed by atoms with E-state index in [0.29, 0.717) is 31.4 Å². The number of hydrogen-bond donors (Lipinski definition) is 2. The monoisotopic (exact) mass is 284 g/mol. The summed E-state index contributed by atoms with van der Waals surface area (Å²) < 4.78 is 4.92. The molecule has 2 N–H and O–H groups in total. The van der Waals surface area contributed by atoms with Crippen molar-refractivity contribution in [3.05, 3.63) is 0 Å². The van der Waals surface area contributed by atoms with E-state index in [-0.39, 0.29) is 17.8 Å². The lowest BCUT2D eigenvalue weighted by molar-refractivity contribution is -0.147. The van der Waals surface area contributed by atoms with Crippen LogP contribution in [-0.4, -0.2) is 38.1 Å². The van der Waals surface area contributed by atoms with Gasteiger partial charge >= 0.3 is 5.97 Å². The average Bonchev–Trinajstić information content (AvgIpc) is 2.45. The lowest BCUT2D eigenvalue weighted by atomic mass is 9.84. The molecule has 1 rings (SSSR count). The Hall–Kier alpha value is -1.10. The number of rotatable bonds is 7. The summed E-state index contributed by atoms with van der Waals surface area (Å²) in [5, 5.41) is 6.17. The number of nitrogens with one attached hydrogen (secondary N) is 2. The highest BCUT2D eigenvalue weighted by atomic mass is 16.5. The van der Waals surface area contributed by atoms with Crippen LogP contribution in [0.3, 0.4) is 0 Å². The van der Waals surface area contributed by atoms with Crippen molar-refractivity contribution >= 4 is 11.9 Å². The van der Waals surface area contributed by atoms with Crippen molar-refractivity contribution < 1.29 is 14.3 Å². The third-order valence-corrected chi connectivity index (χ3v) is 3.99. The minimum absolute atomic E-state index is 0.0344. The maximum atomic E-state index is 11.9. The van der Waals surface area contributed by atoms with Gasteiger partial charge in [-0.2, -0.15) is 0 Å². The Balaban J connectivity index is 2.23. The van der Waals surface area contributed by atoms with Crippen LogP contribution < -0.4 is 10.6 Å². The molecule has 1 aliphatic rings. The van der Waals surface area contributed by atoms with E-state index in [2.05, 4.69) is 17.6 Å². The summed E-state index contributed by atoms with van der Waals surface area (Å²) in [4.78, 5) is 23.3. The molecule has 1 heterocycles. The van der Waals surface area contributed by atoms with Crippen LogP contribution in [0.1, 0.15) is 40.0 Å². The number of amides is 1. The van der Waals surface area contributed by atoms with Gasteiger partial charge in [0.25, 0.3) is 0 Å². The van der Waals surface area contributed by atoms with E-state index in [1.165, 1.54) is 0 Å². The molecular weight excluding hydrogens is 256 g/mol. The quantitative estimate of drug-likeness (QED) is 0.692. The summed E-state index contributed by atoms with van der Waals surface area (Å²) in [7, 11) is 0.